The summed E-state index contributed by atoms with van der Waals surface area (Å²) in [6, 6.07) is 7.96. The number of nitrogens with one attached hydrogen (secondary N) is 2. The molecule has 29 heavy (non-hydrogen) atoms. The second kappa shape index (κ2) is 7.98. The molecule has 2 aromatic heterocycles. The summed E-state index contributed by atoms with van der Waals surface area (Å²) in [5, 5.41) is 8.20. The number of terminal acetylenes is 1. The Morgan fingerprint density at radius 1 is 1.28 bits per heavy atom. The molecule has 4 rings (SSSR count). The topological polar surface area (TPSA) is 83.0 Å². The zero-order valence-corrected chi connectivity index (χ0v) is 15.8. The number of carbonyl (C=O) groups is 1. The Labute approximate surface area is 168 Å². The third-order valence-electron chi connectivity index (χ3n) is 4.84. The molecule has 1 saturated heterocycles. The third kappa shape index (κ3) is 4.01. The van der Waals surface area contributed by atoms with Crippen molar-refractivity contribution in [3.63, 3.8) is 0 Å². The van der Waals surface area contributed by atoms with E-state index in [9.17, 15) is 4.79 Å². The van der Waals surface area contributed by atoms with Gasteiger partial charge in [-0.1, -0.05) is 12.5 Å². The van der Waals surface area contributed by atoms with Crippen LogP contribution in [0.1, 0.15) is 12.0 Å². The quantitative estimate of drug-likeness (QED) is 0.520. The van der Waals surface area contributed by atoms with E-state index in [1.54, 1.807) is 18.6 Å². The molecule has 144 valence electrons. The lowest BCUT2D eigenvalue weighted by Crippen LogP contribution is -2.27. The van der Waals surface area contributed by atoms with Crippen molar-refractivity contribution in [1.82, 2.24) is 15.0 Å². The minimum absolute atomic E-state index is 0.217. The maximum absolute atomic E-state index is 11.5. The van der Waals surface area contributed by atoms with Crippen LogP contribution in [0.15, 0.2) is 55.5 Å². The van der Waals surface area contributed by atoms with Gasteiger partial charge in [0.05, 0.1) is 5.56 Å². The first-order valence-electron chi connectivity index (χ1n) is 9.28. The second-order valence-electron chi connectivity index (χ2n) is 6.78. The molecule has 1 aliphatic heterocycles. The van der Waals surface area contributed by atoms with Gasteiger partial charge in [-0.2, -0.15) is 0 Å². The Hall–Kier alpha value is -3.92. The van der Waals surface area contributed by atoms with Crippen LogP contribution < -0.4 is 15.5 Å². The fourth-order valence-electron chi connectivity index (χ4n) is 3.42. The number of rotatable bonds is 5. The molecule has 3 heterocycles. The van der Waals surface area contributed by atoms with Gasteiger partial charge in [-0.3, -0.25) is 4.79 Å². The van der Waals surface area contributed by atoms with Gasteiger partial charge < -0.3 is 15.5 Å². The number of carbonyl (C=O) groups excluding carboxylic acids is 1. The summed E-state index contributed by atoms with van der Waals surface area (Å²) in [5.74, 6) is 3.78. The van der Waals surface area contributed by atoms with Gasteiger partial charge in [0.25, 0.3) is 0 Å². The first-order chi connectivity index (χ1) is 14.2. The van der Waals surface area contributed by atoms with Gasteiger partial charge in [0.15, 0.2) is 0 Å². The first-order valence-corrected chi connectivity index (χ1v) is 9.28. The maximum atomic E-state index is 11.5. The number of pyridine rings is 1. The highest BCUT2D eigenvalue weighted by Crippen LogP contribution is 2.29. The molecule has 1 amide bonds. The van der Waals surface area contributed by atoms with E-state index in [4.69, 9.17) is 6.42 Å². The van der Waals surface area contributed by atoms with E-state index in [1.807, 2.05) is 24.3 Å². The molecule has 2 N–H and O–H groups in total. The van der Waals surface area contributed by atoms with Crippen molar-refractivity contribution < 1.29 is 4.79 Å². The molecular weight excluding hydrogens is 364 g/mol. The van der Waals surface area contributed by atoms with Gasteiger partial charge in [0.1, 0.15) is 5.82 Å². The van der Waals surface area contributed by atoms with Crippen molar-refractivity contribution in [2.24, 2.45) is 0 Å². The van der Waals surface area contributed by atoms with E-state index in [0.717, 1.165) is 41.8 Å². The van der Waals surface area contributed by atoms with Gasteiger partial charge in [0, 0.05) is 48.8 Å². The largest absolute Gasteiger partial charge is 0.354 e. The lowest BCUT2D eigenvalue weighted by molar-refractivity contribution is -0.111. The van der Waals surface area contributed by atoms with Gasteiger partial charge in [-0.05, 0) is 42.1 Å². The number of aromatic nitrogens is 3. The number of nitrogens with zero attached hydrogens (tertiary/aromatic N) is 4. The van der Waals surface area contributed by atoms with Crippen LogP contribution in [0.2, 0.25) is 0 Å². The van der Waals surface area contributed by atoms with Gasteiger partial charge in [-0.25, -0.2) is 15.0 Å². The minimum atomic E-state index is -0.232. The van der Waals surface area contributed by atoms with E-state index in [-0.39, 0.29) is 11.9 Å². The number of fused-ring (bicyclic) bond motifs is 1. The van der Waals surface area contributed by atoms with Crippen molar-refractivity contribution >= 4 is 34.1 Å². The van der Waals surface area contributed by atoms with Crippen LogP contribution in [0.25, 0.3) is 10.8 Å². The molecule has 7 nitrogen and oxygen atoms in total. The fraction of sp³-hybridized carbons (Fsp3) is 0.182. The number of hydrogen-bond acceptors (Lipinski definition) is 6. The molecule has 0 saturated carbocycles. The van der Waals surface area contributed by atoms with Crippen molar-refractivity contribution in [3.05, 3.63) is 61.1 Å². The first kappa shape index (κ1) is 18.4. The number of amides is 1. The summed E-state index contributed by atoms with van der Waals surface area (Å²) >= 11 is 0. The molecule has 0 aliphatic carbocycles. The van der Waals surface area contributed by atoms with Crippen LogP contribution in [0, 0.1) is 12.3 Å². The summed E-state index contributed by atoms with van der Waals surface area (Å²) in [6.07, 6.45) is 12.6. The van der Waals surface area contributed by atoms with Crippen molar-refractivity contribution in [1.29, 1.82) is 0 Å². The average molecular weight is 384 g/mol. The molecule has 1 atom stereocenters. The van der Waals surface area contributed by atoms with E-state index in [1.165, 1.54) is 6.08 Å². The normalized spacial score (nSPS) is 15.7. The highest BCUT2D eigenvalue weighted by atomic mass is 16.1. The zero-order chi connectivity index (χ0) is 20.2. The summed E-state index contributed by atoms with van der Waals surface area (Å²) in [4.78, 5) is 26.9. The van der Waals surface area contributed by atoms with Crippen molar-refractivity contribution in [2.45, 2.75) is 12.5 Å². The second-order valence-corrected chi connectivity index (χ2v) is 6.78. The Balaban J connectivity index is 1.50. The number of hydrogen-bond donors (Lipinski definition) is 2. The van der Waals surface area contributed by atoms with Gasteiger partial charge >= 0.3 is 0 Å². The van der Waals surface area contributed by atoms with E-state index >= 15 is 0 Å². The minimum Gasteiger partial charge on any atom is -0.354 e. The fourth-order valence-corrected chi connectivity index (χ4v) is 3.42. The number of anilines is 3. The van der Waals surface area contributed by atoms with Gasteiger partial charge in [0.2, 0.25) is 11.9 Å². The Morgan fingerprint density at radius 2 is 2.10 bits per heavy atom. The third-order valence-corrected chi connectivity index (χ3v) is 4.84. The predicted molar refractivity (Wildman–Crippen MR) is 115 cm³/mol. The van der Waals surface area contributed by atoms with Gasteiger partial charge in [-0.15, -0.1) is 6.42 Å². The maximum Gasteiger partial charge on any atom is 0.247 e. The molecule has 1 unspecified atom stereocenters. The number of benzene rings is 1. The molecular formula is C22H20N6O. The standard InChI is InChI=1S/C22H20N6O/c1-3-15-12-24-22(25-13-15)27-18-8-10-28(14-18)21-19-6-5-17(26-20(29)4-2)11-16(19)7-9-23-21/h1,4-7,9,11-13,18H,2,8,10,14H2,(H,26,29)(H,24,25,27). The highest BCUT2D eigenvalue weighted by molar-refractivity contribution is 6.01. The van der Waals surface area contributed by atoms with Crippen LogP contribution in [0.5, 0.6) is 0 Å². The van der Waals surface area contributed by atoms with E-state index in [0.29, 0.717) is 11.5 Å². The van der Waals surface area contributed by atoms with E-state index < -0.39 is 0 Å². The molecule has 7 heteroatoms. The van der Waals surface area contributed by atoms with Crippen LogP contribution in [-0.4, -0.2) is 40.0 Å². The molecule has 1 aliphatic rings. The molecule has 0 radical (unpaired) electrons. The Bertz CT molecular complexity index is 1100. The molecule has 1 fully saturated rings. The Kier molecular flexibility index (Phi) is 5.08. The summed E-state index contributed by atoms with van der Waals surface area (Å²) in [5.41, 5.74) is 1.39. The van der Waals surface area contributed by atoms with Crippen LogP contribution in [-0.2, 0) is 4.79 Å². The van der Waals surface area contributed by atoms with Crippen LogP contribution in [0.4, 0.5) is 17.5 Å². The summed E-state index contributed by atoms with van der Waals surface area (Å²) < 4.78 is 0. The molecule has 1 aromatic carbocycles. The SMILES string of the molecule is C#Cc1cnc(NC2CCN(c3nccc4cc(NC(=O)C=C)ccc34)C2)nc1. The lowest BCUT2D eigenvalue weighted by atomic mass is 10.1. The van der Waals surface area contributed by atoms with Crippen molar-refractivity contribution in [2.75, 3.05) is 28.6 Å². The molecule has 3 aromatic rings. The predicted octanol–water partition coefficient (Wildman–Crippen LogP) is 2.82. The average Bonchev–Trinajstić information content (AvgIpc) is 3.22. The lowest BCUT2D eigenvalue weighted by Gasteiger charge is -2.20. The summed E-state index contributed by atoms with van der Waals surface area (Å²) in [7, 11) is 0. The molecule has 0 bridgehead atoms. The van der Waals surface area contributed by atoms with E-state index in [2.05, 4.69) is 43.0 Å². The summed E-state index contributed by atoms with van der Waals surface area (Å²) in [6.45, 7) is 5.15. The van der Waals surface area contributed by atoms with Crippen molar-refractivity contribution in [3.8, 4) is 12.3 Å². The monoisotopic (exact) mass is 384 g/mol. The smallest absolute Gasteiger partial charge is 0.247 e. The molecule has 0 spiro atoms. The van der Waals surface area contributed by atoms with Crippen LogP contribution in [0.3, 0.4) is 0 Å². The highest BCUT2D eigenvalue weighted by Gasteiger charge is 2.25. The zero-order valence-electron chi connectivity index (χ0n) is 15.8. The Morgan fingerprint density at radius 3 is 2.86 bits per heavy atom. The van der Waals surface area contributed by atoms with Crippen LogP contribution >= 0.6 is 0 Å².